The summed E-state index contributed by atoms with van der Waals surface area (Å²) in [4.78, 5) is 12.9. The van der Waals surface area contributed by atoms with Gasteiger partial charge in [-0.3, -0.25) is 4.79 Å². The predicted molar refractivity (Wildman–Crippen MR) is 75.4 cm³/mol. The van der Waals surface area contributed by atoms with Crippen LogP contribution in [-0.2, 0) is 11.0 Å². The molecule has 1 aromatic rings. The molecule has 0 bridgehead atoms. The summed E-state index contributed by atoms with van der Waals surface area (Å²) in [6, 6.07) is 3.40. The molecule has 1 saturated heterocycles. The van der Waals surface area contributed by atoms with E-state index >= 15 is 0 Å². The van der Waals surface area contributed by atoms with Crippen molar-refractivity contribution < 1.29 is 18.0 Å². The van der Waals surface area contributed by atoms with E-state index in [2.05, 4.69) is 10.6 Å². The van der Waals surface area contributed by atoms with Gasteiger partial charge in [0.2, 0.25) is 6.41 Å². The predicted octanol–water partition coefficient (Wildman–Crippen LogP) is 2.46. The quantitative estimate of drug-likeness (QED) is 0.840. The molecule has 4 nitrogen and oxygen atoms in total. The van der Waals surface area contributed by atoms with Gasteiger partial charge in [-0.15, -0.1) is 0 Å². The highest BCUT2D eigenvalue weighted by molar-refractivity contribution is 5.84. The van der Waals surface area contributed by atoms with Gasteiger partial charge in [0, 0.05) is 13.1 Å². The Balaban J connectivity index is 2.34. The minimum absolute atomic E-state index is 0.00702. The van der Waals surface area contributed by atoms with Crippen LogP contribution in [0, 0.1) is 0 Å². The second-order valence-electron chi connectivity index (χ2n) is 4.97. The Morgan fingerprint density at radius 2 is 2.00 bits per heavy atom. The number of amides is 1. The molecule has 0 unspecified atom stereocenters. The molecule has 0 aromatic heterocycles. The molecule has 1 aliphatic heterocycles. The molecule has 0 spiro atoms. The maximum Gasteiger partial charge on any atom is 0.416 e. The lowest BCUT2D eigenvalue weighted by Crippen LogP contribution is -2.42. The van der Waals surface area contributed by atoms with E-state index in [0.717, 1.165) is 38.1 Å². The van der Waals surface area contributed by atoms with Gasteiger partial charge in [-0.05, 0) is 44.1 Å². The minimum atomic E-state index is -4.40. The number of benzene rings is 1. The normalized spacial score (nSPS) is 16.6. The molecule has 0 radical (unpaired) electrons. The van der Waals surface area contributed by atoms with Crippen molar-refractivity contribution in [3.8, 4) is 0 Å². The second-order valence-corrected chi connectivity index (χ2v) is 4.97. The molecular formula is C14H18F3N3O. The molecule has 1 amide bonds. The summed E-state index contributed by atoms with van der Waals surface area (Å²) in [7, 11) is 1.55. The number of carbonyl (C=O) groups excluding carboxylic acids is 1. The largest absolute Gasteiger partial charge is 0.416 e. The third kappa shape index (κ3) is 3.47. The Kier molecular flexibility index (Phi) is 4.72. The first kappa shape index (κ1) is 15.6. The Hall–Kier alpha value is -1.76. The second kappa shape index (κ2) is 6.34. The number of halogens is 3. The molecule has 1 aliphatic rings. The van der Waals surface area contributed by atoms with Crippen LogP contribution in [0.25, 0.3) is 0 Å². The Morgan fingerprint density at radius 1 is 1.33 bits per heavy atom. The van der Waals surface area contributed by atoms with Gasteiger partial charge in [0.25, 0.3) is 0 Å². The first-order valence-corrected chi connectivity index (χ1v) is 6.80. The maximum atomic E-state index is 12.8. The van der Waals surface area contributed by atoms with Crippen LogP contribution in [0.3, 0.4) is 0 Å². The van der Waals surface area contributed by atoms with Crippen molar-refractivity contribution in [2.24, 2.45) is 0 Å². The lowest BCUT2D eigenvalue weighted by Gasteiger charge is -2.33. The lowest BCUT2D eigenvalue weighted by molar-refractivity contribution is -0.137. The molecular weight excluding hydrogens is 283 g/mol. The summed E-state index contributed by atoms with van der Waals surface area (Å²) in [5.74, 6) is 0. The zero-order valence-corrected chi connectivity index (χ0v) is 11.7. The average molecular weight is 301 g/mol. The summed E-state index contributed by atoms with van der Waals surface area (Å²) in [5.41, 5.74) is 0.0506. The summed E-state index contributed by atoms with van der Waals surface area (Å²) >= 11 is 0. The van der Waals surface area contributed by atoms with Gasteiger partial charge in [0.05, 0.1) is 16.9 Å². The molecule has 2 N–H and O–H groups in total. The fraction of sp³-hybridized carbons (Fsp3) is 0.500. The zero-order chi connectivity index (χ0) is 15.5. The van der Waals surface area contributed by atoms with E-state index in [1.54, 1.807) is 7.05 Å². The highest BCUT2D eigenvalue weighted by Crippen LogP contribution is 2.36. The highest BCUT2D eigenvalue weighted by Gasteiger charge is 2.32. The summed E-state index contributed by atoms with van der Waals surface area (Å²) in [5, 5.41) is 5.94. The third-order valence-electron chi connectivity index (χ3n) is 3.69. The number of hydrogen-bond acceptors (Lipinski definition) is 3. The smallest absolute Gasteiger partial charge is 0.386 e. The Morgan fingerprint density at radius 3 is 2.52 bits per heavy atom. The van der Waals surface area contributed by atoms with Crippen LogP contribution in [0.5, 0.6) is 0 Å². The van der Waals surface area contributed by atoms with Crippen LogP contribution < -0.4 is 15.5 Å². The van der Waals surface area contributed by atoms with Crippen LogP contribution in [0.1, 0.15) is 18.4 Å². The number of anilines is 2. The van der Waals surface area contributed by atoms with Gasteiger partial charge in [0.15, 0.2) is 0 Å². The fourth-order valence-corrected chi connectivity index (χ4v) is 2.56. The summed E-state index contributed by atoms with van der Waals surface area (Å²) in [6.45, 7) is 1.59. The van der Waals surface area contributed by atoms with Gasteiger partial charge in [0.1, 0.15) is 0 Å². The van der Waals surface area contributed by atoms with Crippen molar-refractivity contribution in [2.75, 3.05) is 30.4 Å². The monoisotopic (exact) mass is 301 g/mol. The number of hydrogen-bond donors (Lipinski definition) is 2. The molecule has 0 aliphatic carbocycles. The van der Waals surface area contributed by atoms with Gasteiger partial charge >= 0.3 is 6.18 Å². The standard InChI is InChI=1S/C14H18F3N3O/c1-18-12-8-10(14(15,16)17)2-3-13(12)20(9-21)11-4-6-19-7-5-11/h2-3,8-9,11,18-19H,4-7H2,1H3. The van der Waals surface area contributed by atoms with E-state index in [1.807, 2.05) is 0 Å². The van der Waals surface area contributed by atoms with Crippen LogP contribution >= 0.6 is 0 Å². The van der Waals surface area contributed by atoms with Crippen LogP contribution in [0.15, 0.2) is 18.2 Å². The van der Waals surface area contributed by atoms with E-state index < -0.39 is 11.7 Å². The van der Waals surface area contributed by atoms with Crippen LogP contribution in [0.2, 0.25) is 0 Å². The van der Waals surface area contributed by atoms with E-state index in [4.69, 9.17) is 0 Å². The molecule has 1 heterocycles. The molecule has 7 heteroatoms. The molecule has 0 atom stereocenters. The van der Waals surface area contributed by atoms with Gasteiger partial charge in [-0.2, -0.15) is 13.2 Å². The van der Waals surface area contributed by atoms with Crippen molar-refractivity contribution in [1.82, 2.24) is 5.32 Å². The van der Waals surface area contributed by atoms with Crippen LogP contribution in [-0.4, -0.2) is 32.6 Å². The van der Waals surface area contributed by atoms with Gasteiger partial charge in [-0.25, -0.2) is 0 Å². The maximum absolute atomic E-state index is 12.8. The molecule has 21 heavy (non-hydrogen) atoms. The first-order chi connectivity index (χ1) is 9.97. The first-order valence-electron chi connectivity index (χ1n) is 6.80. The number of rotatable bonds is 4. The topological polar surface area (TPSA) is 44.4 Å². The molecule has 2 rings (SSSR count). The highest BCUT2D eigenvalue weighted by atomic mass is 19.4. The summed E-state index contributed by atoms with van der Waals surface area (Å²) in [6.07, 6.45) is -2.14. The van der Waals surface area contributed by atoms with Gasteiger partial charge < -0.3 is 15.5 Å². The minimum Gasteiger partial charge on any atom is -0.386 e. The van der Waals surface area contributed by atoms with E-state index in [0.29, 0.717) is 17.8 Å². The van der Waals surface area contributed by atoms with Crippen molar-refractivity contribution in [2.45, 2.75) is 25.1 Å². The number of carbonyl (C=O) groups is 1. The number of piperidine rings is 1. The SMILES string of the molecule is CNc1cc(C(F)(F)F)ccc1N(C=O)C1CCNCC1. The van der Waals surface area contributed by atoms with Gasteiger partial charge in [-0.1, -0.05) is 0 Å². The lowest BCUT2D eigenvalue weighted by atomic mass is 10.0. The van der Waals surface area contributed by atoms with E-state index in [1.165, 1.54) is 11.0 Å². The van der Waals surface area contributed by atoms with Crippen molar-refractivity contribution >= 4 is 17.8 Å². The van der Waals surface area contributed by atoms with E-state index in [9.17, 15) is 18.0 Å². The number of nitrogens with zero attached hydrogens (tertiary/aromatic N) is 1. The summed E-state index contributed by atoms with van der Waals surface area (Å²) < 4.78 is 38.3. The molecule has 1 fully saturated rings. The molecule has 116 valence electrons. The van der Waals surface area contributed by atoms with Crippen LogP contribution in [0.4, 0.5) is 24.5 Å². The van der Waals surface area contributed by atoms with Crippen molar-refractivity contribution in [1.29, 1.82) is 0 Å². The molecule has 0 saturated carbocycles. The van der Waals surface area contributed by atoms with E-state index in [-0.39, 0.29) is 6.04 Å². The zero-order valence-electron chi connectivity index (χ0n) is 11.7. The molecule has 1 aromatic carbocycles. The van der Waals surface area contributed by atoms with Crippen molar-refractivity contribution in [3.05, 3.63) is 23.8 Å². The number of nitrogens with one attached hydrogen (secondary N) is 2. The number of alkyl halides is 3. The average Bonchev–Trinajstić information content (AvgIpc) is 2.48. The third-order valence-corrected chi connectivity index (χ3v) is 3.69. The Bertz CT molecular complexity index is 499. The Labute approximate surface area is 121 Å². The van der Waals surface area contributed by atoms with Crippen molar-refractivity contribution in [3.63, 3.8) is 0 Å². The fourth-order valence-electron chi connectivity index (χ4n) is 2.56.